The molecule has 0 aliphatic carbocycles. The molecule has 0 saturated carbocycles. The Morgan fingerprint density at radius 3 is 2.00 bits per heavy atom. The number of phosphoric ester groups is 1. The topological polar surface area (TPSA) is 119 Å². The maximum Gasteiger partial charge on any atom is 0.469 e. The molecule has 2 N–H and O–H groups in total. The Kier molecular flexibility index (Phi) is 9.56. The van der Waals surface area contributed by atoms with Gasteiger partial charge in [0.1, 0.15) is 0 Å². The normalized spacial score (nSPS) is 11.0. The molecule has 9 heteroatoms. The van der Waals surface area contributed by atoms with Crippen molar-refractivity contribution in [1.29, 1.82) is 0 Å². The fourth-order valence-electron chi connectivity index (χ4n) is 1.27. The van der Waals surface area contributed by atoms with Gasteiger partial charge in [-0.3, -0.25) is 4.52 Å². The molecule has 120 valence electrons. The van der Waals surface area contributed by atoms with Crippen LogP contribution in [0.2, 0.25) is 0 Å². The van der Waals surface area contributed by atoms with Gasteiger partial charge in [0.15, 0.2) is 0 Å². The molecule has 0 aromatic heterocycles. The molecule has 0 aromatic carbocycles. The third kappa shape index (κ3) is 12.0. The molecule has 0 amide bonds. The van der Waals surface area contributed by atoms with Crippen molar-refractivity contribution in [1.82, 2.24) is 0 Å². The Morgan fingerprint density at radius 1 is 1.05 bits per heavy atom. The largest absolute Gasteiger partial charge is 0.469 e. The Hall–Kier alpha value is -1.47. The lowest BCUT2D eigenvalue weighted by Gasteiger charge is -2.16. The second kappa shape index (κ2) is 10.3. The van der Waals surface area contributed by atoms with Crippen molar-refractivity contribution in [2.45, 2.75) is 32.0 Å². The first-order valence-electron chi connectivity index (χ1n) is 6.14. The van der Waals surface area contributed by atoms with Gasteiger partial charge in [0.05, 0.1) is 6.61 Å². The summed E-state index contributed by atoms with van der Waals surface area (Å²) >= 11 is 0. The maximum absolute atomic E-state index is 11.1. The maximum atomic E-state index is 11.1. The molecule has 0 aliphatic heterocycles. The Balaban J connectivity index is 4.02. The number of hydrogen-bond acceptors (Lipinski definition) is 6. The van der Waals surface area contributed by atoms with Crippen LogP contribution in [-0.2, 0) is 28.2 Å². The van der Waals surface area contributed by atoms with E-state index in [1.165, 1.54) is 0 Å². The van der Waals surface area contributed by atoms with E-state index in [-0.39, 0.29) is 13.0 Å². The fourth-order valence-corrected chi connectivity index (χ4v) is 1.64. The van der Waals surface area contributed by atoms with Gasteiger partial charge < -0.3 is 19.3 Å². The number of rotatable bonds is 11. The van der Waals surface area contributed by atoms with E-state index in [1.807, 2.05) is 0 Å². The molecule has 0 bridgehead atoms. The summed E-state index contributed by atoms with van der Waals surface area (Å²) in [5.74, 6) is -1.44. The van der Waals surface area contributed by atoms with E-state index >= 15 is 0 Å². The molecule has 8 nitrogen and oxygen atoms in total. The highest BCUT2D eigenvalue weighted by Crippen LogP contribution is 2.35. The molecule has 0 heterocycles. The molecule has 0 rings (SSSR count). The van der Waals surface area contributed by atoms with Crippen LogP contribution in [0.4, 0.5) is 0 Å². The zero-order valence-corrected chi connectivity index (χ0v) is 12.4. The van der Waals surface area contributed by atoms with Gasteiger partial charge in [-0.15, -0.1) is 0 Å². The van der Waals surface area contributed by atoms with Gasteiger partial charge in [-0.2, -0.15) is 0 Å². The minimum absolute atomic E-state index is 0.0894. The molecular weight excluding hydrogens is 303 g/mol. The van der Waals surface area contributed by atoms with E-state index in [0.29, 0.717) is 19.3 Å². The molecule has 0 atom stereocenters. The lowest BCUT2D eigenvalue weighted by Crippen LogP contribution is -2.23. The smallest absolute Gasteiger partial charge is 0.422 e. The Labute approximate surface area is 122 Å². The molecule has 0 spiro atoms. The highest BCUT2D eigenvalue weighted by molar-refractivity contribution is 7.46. The Bertz CT molecular complexity index is 391. The summed E-state index contributed by atoms with van der Waals surface area (Å²) < 4.78 is 24.3. The third-order valence-corrected chi connectivity index (χ3v) is 2.69. The quantitative estimate of drug-likeness (QED) is 0.193. The second-order valence-electron chi connectivity index (χ2n) is 3.88. The number of ether oxygens (including phenoxy) is 2. The van der Waals surface area contributed by atoms with Gasteiger partial charge in [-0.05, 0) is 12.8 Å². The number of phosphoric acid groups is 1. The summed E-state index contributed by atoms with van der Waals surface area (Å²) in [5, 5.41) is 0. The first-order chi connectivity index (χ1) is 9.78. The van der Waals surface area contributed by atoms with Crippen LogP contribution in [0.1, 0.15) is 25.7 Å². The molecule has 0 saturated heterocycles. The lowest BCUT2D eigenvalue weighted by atomic mass is 10.2. The summed E-state index contributed by atoms with van der Waals surface area (Å²) in [6.07, 6.45) is 2.55. The number of carbonyl (C=O) groups is 2. The van der Waals surface area contributed by atoms with Crippen molar-refractivity contribution in [2.24, 2.45) is 0 Å². The fraction of sp³-hybridized carbons (Fsp3) is 0.500. The number of unbranched alkanes of at least 4 members (excludes halogenated alkanes) is 2. The summed E-state index contributed by atoms with van der Waals surface area (Å²) in [7, 11) is -4.44. The zero-order valence-electron chi connectivity index (χ0n) is 11.5. The minimum atomic E-state index is -4.44. The first kappa shape index (κ1) is 19.5. The van der Waals surface area contributed by atoms with E-state index in [1.54, 1.807) is 0 Å². The van der Waals surface area contributed by atoms with Crippen LogP contribution >= 0.6 is 7.82 Å². The van der Waals surface area contributed by atoms with E-state index in [4.69, 9.17) is 19.3 Å². The molecule has 0 fully saturated rings. The van der Waals surface area contributed by atoms with Crippen LogP contribution in [0.3, 0.4) is 0 Å². The van der Waals surface area contributed by atoms with Crippen molar-refractivity contribution in [2.75, 3.05) is 6.61 Å². The van der Waals surface area contributed by atoms with Crippen LogP contribution in [-0.4, -0.2) is 34.6 Å². The molecule has 21 heavy (non-hydrogen) atoms. The van der Waals surface area contributed by atoms with Crippen molar-refractivity contribution in [3.05, 3.63) is 25.3 Å². The number of carbonyl (C=O) groups excluding carboxylic acids is 2. The standard InChI is InChI=1S/C12H19O8P/c1-3-10(13)19-12(20-11(14)4-2)8-6-5-7-9-18-21(15,16)17/h3-4,12H,1-2,5-9H2,(H2,15,16,17). The van der Waals surface area contributed by atoms with Crippen LogP contribution in [0, 0.1) is 0 Å². The summed E-state index contributed by atoms with van der Waals surface area (Å²) in [5.41, 5.74) is 0. The van der Waals surface area contributed by atoms with Crippen molar-refractivity contribution in [3.63, 3.8) is 0 Å². The van der Waals surface area contributed by atoms with Gasteiger partial charge in [-0.1, -0.05) is 19.6 Å². The molecule has 0 radical (unpaired) electrons. The summed E-state index contributed by atoms with van der Waals surface area (Å²) in [4.78, 5) is 39.1. The third-order valence-electron chi connectivity index (χ3n) is 2.17. The summed E-state index contributed by atoms with van der Waals surface area (Å²) in [6, 6.07) is 0. The molecule has 0 unspecified atom stereocenters. The highest BCUT2D eigenvalue weighted by Gasteiger charge is 2.16. The second-order valence-corrected chi connectivity index (χ2v) is 5.12. The average Bonchev–Trinajstić information content (AvgIpc) is 2.40. The predicted molar refractivity (Wildman–Crippen MR) is 72.8 cm³/mol. The van der Waals surface area contributed by atoms with Crippen LogP contribution in [0.25, 0.3) is 0 Å². The highest BCUT2D eigenvalue weighted by atomic mass is 31.2. The van der Waals surface area contributed by atoms with Crippen molar-refractivity contribution >= 4 is 19.8 Å². The van der Waals surface area contributed by atoms with Crippen LogP contribution < -0.4 is 0 Å². The molecule has 0 aliphatic rings. The summed E-state index contributed by atoms with van der Waals surface area (Å²) in [6.45, 7) is 6.37. The Morgan fingerprint density at radius 2 is 1.57 bits per heavy atom. The zero-order chi connectivity index (χ0) is 16.3. The van der Waals surface area contributed by atoms with Gasteiger partial charge in [0, 0.05) is 18.6 Å². The van der Waals surface area contributed by atoms with Gasteiger partial charge in [-0.25, -0.2) is 14.2 Å². The van der Waals surface area contributed by atoms with Crippen molar-refractivity contribution < 1.29 is 37.9 Å². The van der Waals surface area contributed by atoms with Crippen LogP contribution in [0.15, 0.2) is 25.3 Å². The van der Waals surface area contributed by atoms with E-state index < -0.39 is 26.1 Å². The average molecular weight is 322 g/mol. The van der Waals surface area contributed by atoms with Gasteiger partial charge in [0.2, 0.25) is 6.29 Å². The van der Waals surface area contributed by atoms with Crippen molar-refractivity contribution in [3.8, 4) is 0 Å². The first-order valence-corrected chi connectivity index (χ1v) is 7.67. The van der Waals surface area contributed by atoms with E-state index in [9.17, 15) is 14.2 Å². The SMILES string of the molecule is C=CC(=O)OC(CCCCCOP(=O)(O)O)OC(=O)C=C. The van der Waals surface area contributed by atoms with Gasteiger partial charge in [0.25, 0.3) is 0 Å². The van der Waals surface area contributed by atoms with E-state index in [2.05, 4.69) is 17.7 Å². The lowest BCUT2D eigenvalue weighted by molar-refractivity contribution is -0.182. The van der Waals surface area contributed by atoms with Crippen LogP contribution in [0.5, 0.6) is 0 Å². The monoisotopic (exact) mass is 322 g/mol. The predicted octanol–water partition coefficient (Wildman–Crippen LogP) is 1.44. The van der Waals surface area contributed by atoms with Gasteiger partial charge >= 0.3 is 19.8 Å². The number of hydrogen-bond donors (Lipinski definition) is 2. The number of esters is 2. The minimum Gasteiger partial charge on any atom is -0.422 e. The van der Waals surface area contributed by atoms with E-state index in [0.717, 1.165) is 12.2 Å². The molecule has 0 aromatic rings. The molecular formula is C12H19O8P.